The van der Waals surface area contributed by atoms with Gasteiger partial charge in [0.2, 0.25) is 0 Å². The lowest BCUT2D eigenvalue weighted by Gasteiger charge is -2.38. The number of aromatic nitrogens is 2. The lowest BCUT2D eigenvalue weighted by atomic mass is 9.68. The van der Waals surface area contributed by atoms with Gasteiger partial charge in [0.25, 0.3) is 0 Å². The molecule has 1 heterocycles. The molecule has 166 valence electrons. The molecule has 1 aromatic heterocycles. The summed E-state index contributed by atoms with van der Waals surface area (Å²) in [5, 5.41) is 0.742. The van der Waals surface area contributed by atoms with Crippen LogP contribution in [0, 0.1) is 23.7 Å². The zero-order valence-electron chi connectivity index (χ0n) is 18.8. The van der Waals surface area contributed by atoms with Crippen molar-refractivity contribution in [3.05, 3.63) is 59.9 Å². The van der Waals surface area contributed by atoms with Crippen LogP contribution in [-0.4, -0.2) is 9.97 Å². The highest BCUT2D eigenvalue weighted by atomic mass is 35.5. The molecule has 0 bridgehead atoms. The van der Waals surface area contributed by atoms with Gasteiger partial charge in [-0.25, -0.2) is 9.97 Å². The standard InChI is InChI=1S/C28H37ClN2/c1-2-3-4-21-7-11-24(12-8-21)25-13-9-22(10-14-25)5-6-23-19-30-28(31-20-23)26-15-17-27(29)18-16-26/h2,15-22,24-25H,1,3-14H2/t21-,22?,24-,25?. The Hall–Kier alpha value is -1.67. The van der Waals surface area contributed by atoms with Crippen LogP contribution < -0.4 is 0 Å². The Kier molecular flexibility index (Phi) is 8.19. The van der Waals surface area contributed by atoms with E-state index in [1.54, 1.807) is 0 Å². The molecule has 2 aromatic rings. The van der Waals surface area contributed by atoms with E-state index in [9.17, 15) is 0 Å². The molecular formula is C28H37ClN2. The van der Waals surface area contributed by atoms with Crippen LogP contribution in [0.1, 0.15) is 76.2 Å². The maximum absolute atomic E-state index is 5.97. The highest BCUT2D eigenvalue weighted by Crippen LogP contribution is 2.43. The fraction of sp³-hybridized carbons (Fsp3) is 0.571. The molecule has 0 aliphatic heterocycles. The zero-order chi connectivity index (χ0) is 21.5. The summed E-state index contributed by atoms with van der Waals surface area (Å²) in [4.78, 5) is 9.16. The first-order valence-electron chi connectivity index (χ1n) is 12.4. The van der Waals surface area contributed by atoms with Gasteiger partial charge in [0.1, 0.15) is 0 Å². The van der Waals surface area contributed by atoms with Crippen molar-refractivity contribution in [1.82, 2.24) is 9.97 Å². The predicted octanol–water partition coefficient (Wildman–Crippen LogP) is 8.31. The second kappa shape index (κ2) is 11.3. The molecule has 2 nitrogen and oxygen atoms in total. The first-order chi connectivity index (χ1) is 15.2. The van der Waals surface area contributed by atoms with E-state index in [2.05, 4.69) is 22.6 Å². The van der Waals surface area contributed by atoms with Crippen LogP contribution in [0.3, 0.4) is 0 Å². The van der Waals surface area contributed by atoms with Crippen molar-refractivity contribution in [2.45, 2.75) is 77.0 Å². The van der Waals surface area contributed by atoms with Gasteiger partial charge in [0.05, 0.1) is 0 Å². The van der Waals surface area contributed by atoms with Crippen molar-refractivity contribution in [3.63, 3.8) is 0 Å². The van der Waals surface area contributed by atoms with Crippen molar-refractivity contribution in [2.75, 3.05) is 0 Å². The number of allylic oxidation sites excluding steroid dienone is 1. The first-order valence-corrected chi connectivity index (χ1v) is 12.8. The molecule has 0 spiro atoms. The molecule has 0 amide bonds. The summed E-state index contributed by atoms with van der Waals surface area (Å²) in [5.41, 5.74) is 2.28. The highest BCUT2D eigenvalue weighted by Gasteiger charge is 2.30. The van der Waals surface area contributed by atoms with E-state index in [0.29, 0.717) is 0 Å². The van der Waals surface area contributed by atoms with E-state index >= 15 is 0 Å². The fourth-order valence-corrected chi connectivity index (χ4v) is 5.98. The summed E-state index contributed by atoms with van der Waals surface area (Å²) >= 11 is 5.97. The summed E-state index contributed by atoms with van der Waals surface area (Å²) in [7, 11) is 0. The summed E-state index contributed by atoms with van der Waals surface area (Å²) in [6.45, 7) is 3.88. The van der Waals surface area contributed by atoms with Gasteiger partial charge in [-0.3, -0.25) is 0 Å². The summed E-state index contributed by atoms with van der Waals surface area (Å²) in [6.07, 6.45) is 22.7. The van der Waals surface area contributed by atoms with E-state index in [0.717, 1.165) is 46.5 Å². The minimum atomic E-state index is 0.742. The molecule has 0 N–H and O–H groups in total. The summed E-state index contributed by atoms with van der Waals surface area (Å²) < 4.78 is 0. The second-order valence-electron chi connectivity index (χ2n) is 9.89. The molecule has 1 aromatic carbocycles. The molecule has 0 atom stereocenters. The van der Waals surface area contributed by atoms with Gasteiger partial charge >= 0.3 is 0 Å². The lowest BCUT2D eigenvalue weighted by Crippen LogP contribution is -2.26. The van der Waals surface area contributed by atoms with Crippen molar-refractivity contribution in [1.29, 1.82) is 0 Å². The maximum atomic E-state index is 5.97. The number of halogens is 1. The molecule has 2 aliphatic rings. The number of benzene rings is 1. The molecule has 3 heteroatoms. The SMILES string of the molecule is C=CCC[C@H]1CC[C@H](C2CCC(CCc3cnc(-c4ccc(Cl)cc4)nc3)CC2)CC1. The van der Waals surface area contributed by atoms with Gasteiger partial charge in [-0.15, -0.1) is 6.58 Å². The van der Waals surface area contributed by atoms with Crippen molar-refractivity contribution in [2.24, 2.45) is 23.7 Å². The van der Waals surface area contributed by atoms with E-state index < -0.39 is 0 Å². The van der Waals surface area contributed by atoms with E-state index in [1.807, 2.05) is 36.7 Å². The van der Waals surface area contributed by atoms with Crippen LogP contribution in [0.4, 0.5) is 0 Å². The minimum Gasteiger partial charge on any atom is -0.236 e. The van der Waals surface area contributed by atoms with E-state index in [1.165, 1.54) is 76.2 Å². The fourth-order valence-electron chi connectivity index (χ4n) is 5.85. The molecular weight excluding hydrogens is 400 g/mol. The Labute approximate surface area is 193 Å². The predicted molar refractivity (Wildman–Crippen MR) is 131 cm³/mol. The normalized spacial score (nSPS) is 26.5. The Morgan fingerprint density at radius 2 is 1.35 bits per heavy atom. The van der Waals surface area contributed by atoms with Gasteiger partial charge in [-0.1, -0.05) is 43.4 Å². The molecule has 0 unspecified atom stereocenters. The number of aryl methyl sites for hydroxylation is 1. The molecule has 0 radical (unpaired) electrons. The smallest absolute Gasteiger partial charge is 0.159 e. The van der Waals surface area contributed by atoms with Gasteiger partial charge < -0.3 is 0 Å². The molecule has 2 aliphatic carbocycles. The van der Waals surface area contributed by atoms with Gasteiger partial charge in [0, 0.05) is 23.0 Å². The van der Waals surface area contributed by atoms with Gasteiger partial charge in [0.15, 0.2) is 5.82 Å². The Bertz CT molecular complexity index is 798. The van der Waals surface area contributed by atoms with Crippen molar-refractivity contribution in [3.8, 4) is 11.4 Å². The zero-order valence-corrected chi connectivity index (χ0v) is 19.6. The van der Waals surface area contributed by atoms with Crippen LogP contribution in [0.25, 0.3) is 11.4 Å². The largest absolute Gasteiger partial charge is 0.236 e. The van der Waals surface area contributed by atoms with Crippen LogP contribution >= 0.6 is 11.6 Å². The maximum Gasteiger partial charge on any atom is 0.159 e. The number of hydrogen-bond acceptors (Lipinski definition) is 2. The van der Waals surface area contributed by atoms with Crippen LogP contribution in [0.5, 0.6) is 0 Å². The Morgan fingerprint density at radius 1 is 0.806 bits per heavy atom. The molecule has 4 rings (SSSR count). The van der Waals surface area contributed by atoms with Crippen molar-refractivity contribution >= 4 is 11.6 Å². The van der Waals surface area contributed by atoms with Crippen LogP contribution in [0.2, 0.25) is 5.02 Å². The van der Waals surface area contributed by atoms with Crippen molar-refractivity contribution < 1.29 is 0 Å². The third-order valence-electron chi connectivity index (χ3n) is 7.88. The average Bonchev–Trinajstić information content (AvgIpc) is 2.83. The quantitative estimate of drug-likeness (QED) is 0.388. The minimum absolute atomic E-state index is 0.742. The molecule has 2 fully saturated rings. The number of hydrogen-bond donors (Lipinski definition) is 0. The second-order valence-corrected chi connectivity index (χ2v) is 10.3. The Balaban J connectivity index is 1.18. The van der Waals surface area contributed by atoms with E-state index in [4.69, 9.17) is 11.6 Å². The van der Waals surface area contributed by atoms with Crippen LogP contribution in [-0.2, 0) is 6.42 Å². The molecule has 0 saturated heterocycles. The van der Waals surface area contributed by atoms with E-state index in [-0.39, 0.29) is 0 Å². The third-order valence-corrected chi connectivity index (χ3v) is 8.13. The number of nitrogens with zero attached hydrogens (tertiary/aromatic N) is 2. The number of rotatable bonds is 8. The monoisotopic (exact) mass is 436 g/mol. The van der Waals surface area contributed by atoms with Gasteiger partial charge in [-0.2, -0.15) is 0 Å². The topological polar surface area (TPSA) is 25.8 Å². The Morgan fingerprint density at radius 3 is 1.90 bits per heavy atom. The summed E-state index contributed by atoms with van der Waals surface area (Å²) in [6, 6.07) is 7.73. The van der Waals surface area contributed by atoms with Gasteiger partial charge in [-0.05, 0) is 105 Å². The average molecular weight is 437 g/mol. The van der Waals surface area contributed by atoms with Crippen LogP contribution in [0.15, 0.2) is 49.3 Å². The molecule has 2 saturated carbocycles. The third kappa shape index (κ3) is 6.42. The highest BCUT2D eigenvalue weighted by molar-refractivity contribution is 6.30. The summed E-state index contributed by atoms with van der Waals surface area (Å²) in [5.74, 6) is 4.64. The lowest BCUT2D eigenvalue weighted by molar-refractivity contribution is 0.141. The first kappa shape index (κ1) is 22.5. The molecule has 31 heavy (non-hydrogen) atoms.